The Labute approximate surface area is 182 Å². The minimum Gasteiger partial charge on any atom is -0.454 e. The lowest BCUT2D eigenvalue weighted by Crippen LogP contribution is -2.54. The van der Waals surface area contributed by atoms with E-state index in [-0.39, 0.29) is 17.9 Å². The van der Waals surface area contributed by atoms with Crippen molar-refractivity contribution in [3.8, 4) is 0 Å². The van der Waals surface area contributed by atoms with Crippen molar-refractivity contribution in [1.29, 1.82) is 0 Å². The number of benzene rings is 1. The first kappa shape index (κ1) is 22.8. The van der Waals surface area contributed by atoms with Crippen molar-refractivity contribution in [3.05, 3.63) is 35.4 Å². The lowest BCUT2D eigenvalue weighted by atomic mass is 9.73. The van der Waals surface area contributed by atoms with Gasteiger partial charge in [-0.1, -0.05) is 56.5 Å². The lowest BCUT2D eigenvalue weighted by Gasteiger charge is -2.36. The van der Waals surface area contributed by atoms with Gasteiger partial charge >= 0.3 is 12.0 Å². The number of esters is 1. The number of amides is 4. The van der Waals surface area contributed by atoms with Crippen molar-refractivity contribution < 1.29 is 23.9 Å². The summed E-state index contributed by atoms with van der Waals surface area (Å²) in [5, 5.41) is 5.64. The van der Waals surface area contributed by atoms with E-state index >= 15 is 0 Å². The average molecular weight is 430 g/mol. The standard InChI is InChI=1S/C23H31N3O5/c1-4-18(17-10-8-15(2)9-11-17)24-19(27)14-31-20(28)13-26-21(29)23(25-22(26)30)12-6-5-7-16(23)3/h8-11,16,18H,4-7,12-14H2,1-3H3,(H,24,27)(H,25,30)/t16-,18-,23+/m0/s1. The molecule has 2 N–H and O–H groups in total. The van der Waals surface area contributed by atoms with Crippen molar-refractivity contribution in [1.82, 2.24) is 15.5 Å². The number of rotatable bonds is 7. The zero-order valence-corrected chi connectivity index (χ0v) is 18.4. The second-order valence-corrected chi connectivity index (χ2v) is 8.54. The molecule has 1 heterocycles. The number of hydrogen-bond acceptors (Lipinski definition) is 5. The van der Waals surface area contributed by atoms with Gasteiger partial charge in [0.15, 0.2) is 6.61 Å². The molecule has 1 spiro atoms. The topological polar surface area (TPSA) is 105 Å². The SMILES string of the molecule is CC[C@H](NC(=O)COC(=O)CN1C(=O)N[C@@]2(CCCC[C@@H]2C)C1=O)c1ccc(C)cc1. The highest BCUT2D eigenvalue weighted by Gasteiger charge is 2.55. The molecule has 1 aromatic carbocycles. The Morgan fingerprint density at radius 2 is 1.97 bits per heavy atom. The molecular weight excluding hydrogens is 398 g/mol. The summed E-state index contributed by atoms with van der Waals surface area (Å²) in [6, 6.07) is 7.09. The van der Waals surface area contributed by atoms with Crippen LogP contribution in [0, 0.1) is 12.8 Å². The highest BCUT2D eigenvalue weighted by atomic mass is 16.5. The van der Waals surface area contributed by atoms with Gasteiger partial charge in [0.2, 0.25) is 0 Å². The second kappa shape index (κ2) is 9.49. The van der Waals surface area contributed by atoms with E-state index in [9.17, 15) is 19.2 Å². The number of aryl methyl sites for hydroxylation is 1. The molecule has 0 unspecified atom stereocenters. The van der Waals surface area contributed by atoms with Gasteiger partial charge in [0.05, 0.1) is 6.04 Å². The Kier molecular flexibility index (Phi) is 6.97. The maximum atomic E-state index is 12.9. The van der Waals surface area contributed by atoms with Crippen LogP contribution in [0.4, 0.5) is 4.79 Å². The third kappa shape index (κ3) is 4.89. The smallest absolute Gasteiger partial charge is 0.326 e. The van der Waals surface area contributed by atoms with Crippen LogP contribution in [0.25, 0.3) is 0 Å². The summed E-state index contributed by atoms with van der Waals surface area (Å²) < 4.78 is 5.04. The molecule has 0 aromatic heterocycles. The number of carbonyl (C=O) groups excluding carboxylic acids is 4. The molecular formula is C23H31N3O5. The number of carbonyl (C=O) groups is 4. The molecule has 4 amide bonds. The first-order valence-corrected chi connectivity index (χ1v) is 10.9. The van der Waals surface area contributed by atoms with Crippen LogP contribution in [0.1, 0.15) is 63.1 Å². The normalized spacial score (nSPS) is 24.1. The van der Waals surface area contributed by atoms with Crippen molar-refractivity contribution in [2.75, 3.05) is 13.2 Å². The molecule has 8 nitrogen and oxygen atoms in total. The van der Waals surface area contributed by atoms with Crippen LogP contribution in [0.5, 0.6) is 0 Å². The first-order chi connectivity index (χ1) is 14.8. The van der Waals surface area contributed by atoms with Gasteiger partial charge in [-0.3, -0.25) is 19.3 Å². The second-order valence-electron chi connectivity index (χ2n) is 8.54. The quantitative estimate of drug-likeness (QED) is 0.512. The maximum Gasteiger partial charge on any atom is 0.326 e. The minimum absolute atomic E-state index is 0.0113. The fourth-order valence-electron chi connectivity index (χ4n) is 4.42. The Hall–Kier alpha value is -2.90. The number of hydrogen-bond donors (Lipinski definition) is 2. The molecule has 3 rings (SSSR count). The highest BCUT2D eigenvalue weighted by Crippen LogP contribution is 2.38. The van der Waals surface area contributed by atoms with Crippen LogP contribution in [0.15, 0.2) is 24.3 Å². The summed E-state index contributed by atoms with van der Waals surface area (Å²) in [4.78, 5) is 50.6. The Balaban J connectivity index is 1.51. The predicted octanol–water partition coefficient (Wildman–Crippen LogP) is 2.61. The van der Waals surface area contributed by atoms with Crippen LogP contribution < -0.4 is 10.6 Å². The molecule has 0 bridgehead atoms. The van der Waals surface area contributed by atoms with Crippen LogP contribution in [-0.4, -0.2) is 47.4 Å². The summed E-state index contributed by atoms with van der Waals surface area (Å²) in [5.74, 6) is -1.59. The fourth-order valence-corrected chi connectivity index (χ4v) is 4.42. The number of nitrogens with one attached hydrogen (secondary N) is 2. The van der Waals surface area contributed by atoms with Crippen molar-refractivity contribution >= 4 is 23.8 Å². The molecule has 1 saturated carbocycles. The van der Waals surface area contributed by atoms with Gasteiger partial charge in [0.25, 0.3) is 11.8 Å². The molecule has 2 aliphatic rings. The third-order valence-corrected chi connectivity index (χ3v) is 6.38. The zero-order chi connectivity index (χ0) is 22.6. The zero-order valence-electron chi connectivity index (χ0n) is 18.4. The monoisotopic (exact) mass is 429 g/mol. The molecule has 3 atom stereocenters. The summed E-state index contributed by atoms with van der Waals surface area (Å²) in [7, 11) is 0. The molecule has 1 aliphatic heterocycles. The number of urea groups is 1. The average Bonchev–Trinajstić information content (AvgIpc) is 2.98. The Morgan fingerprint density at radius 1 is 1.26 bits per heavy atom. The fraction of sp³-hybridized carbons (Fsp3) is 0.565. The van der Waals surface area contributed by atoms with Crippen molar-refractivity contribution in [3.63, 3.8) is 0 Å². The van der Waals surface area contributed by atoms with E-state index in [0.29, 0.717) is 12.8 Å². The lowest BCUT2D eigenvalue weighted by molar-refractivity contribution is -0.151. The predicted molar refractivity (Wildman–Crippen MR) is 114 cm³/mol. The largest absolute Gasteiger partial charge is 0.454 e. The van der Waals surface area contributed by atoms with Crippen LogP contribution in [0.2, 0.25) is 0 Å². The van der Waals surface area contributed by atoms with Gasteiger partial charge in [-0.05, 0) is 37.7 Å². The summed E-state index contributed by atoms with van der Waals surface area (Å²) in [6.45, 7) is 4.93. The molecule has 1 saturated heterocycles. The molecule has 1 aliphatic carbocycles. The molecule has 168 valence electrons. The van der Waals surface area contributed by atoms with E-state index in [4.69, 9.17) is 4.74 Å². The molecule has 2 fully saturated rings. The maximum absolute atomic E-state index is 12.9. The summed E-state index contributed by atoms with van der Waals surface area (Å²) >= 11 is 0. The first-order valence-electron chi connectivity index (χ1n) is 10.9. The van der Waals surface area contributed by atoms with E-state index in [0.717, 1.165) is 35.3 Å². The van der Waals surface area contributed by atoms with Crippen molar-refractivity contribution in [2.24, 2.45) is 5.92 Å². The summed E-state index contributed by atoms with van der Waals surface area (Å²) in [6.07, 6.45) is 3.98. The molecule has 1 aromatic rings. The van der Waals surface area contributed by atoms with E-state index in [1.165, 1.54) is 0 Å². The van der Waals surface area contributed by atoms with Gasteiger partial charge in [-0.25, -0.2) is 4.79 Å². The molecule has 0 radical (unpaired) electrons. The van der Waals surface area contributed by atoms with Gasteiger partial charge in [-0.15, -0.1) is 0 Å². The number of ether oxygens (including phenoxy) is 1. The van der Waals surface area contributed by atoms with E-state index in [1.54, 1.807) is 0 Å². The van der Waals surface area contributed by atoms with Gasteiger partial charge in [0, 0.05) is 0 Å². The minimum atomic E-state index is -0.921. The van der Waals surface area contributed by atoms with Crippen LogP contribution >= 0.6 is 0 Å². The Bertz CT molecular complexity index is 853. The molecule has 8 heteroatoms. The number of nitrogens with zero attached hydrogens (tertiary/aromatic N) is 1. The highest BCUT2D eigenvalue weighted by molar-refractivity contribution is 6.09. The van der Waals surface area contributed by atoms with E-state index < -0.39 is 36.6 Å². The van der Waals surface area contributed by atoms with Crippen LogP contribution in [0.3, 0.4) is 0 Å². The summed E-state index contributed by atoms with van der Waals surface area (Å²) in [5.41, 5.74) is 1.18. The molecule has 31 heavy (non-hydrogen) atoms. The van der Waals surface area contributed by atoms with E-state index in [2.05, 4.69) is 10.6 Å². The van der Waals surface area contributed by atoms with E-state index in [1.807, 2.05) is 45.0 Å². The van der Waals surface area contributed by atoms with Crippen LogP contribution in [-0.2, 0) is 19.1 Å². The van der Waals surface area contributed by atoms with Gasteiger partial charge in [-0.2, -0.15) is 0 Å². The van der Waals surface area contributed by atoms with Crippen molar-refractivity contribution in [2.45, 2.75) is 64.5 Å². The third-order valence-electron chi connectivity index (χ3n) is 6.38. The number of imide groups is 1. The Morgan fingerprint density at radius 3 is 2.61 bits per heavy atom. The van der Waals surface area contributed by atoms with Gasteiger partial charge < -0.3 is 15.4 Å². The van der Waals surface area contributed by atoms with Gasteiger partial charge in [0.1, 0.15) is 12.1 Å².